The van der Waals surface area contributed by atoms with Crippen molar-refractivity contribution in [2.45, 2.75) is 18.4 Å². The Hall–Kier alpha value is -2.33. The molecule has 0 bridgehead atoms. The number of rotatable bonds is 5. The van der Waals surface area contributed by atoms with E-state index in [1.165, 1.54) is 11.1 Å². The second-order valence-corrected chi connectivity index (χ2v) is 5.89. The topological polar surface area (TPSA) is 47.6 Å². The van der Waals surface area contributed by atoms with Crippen molar-refractivity contribution in [2.24, 2.45) is 0 Å². The molecule has 0 heterocycles. The van der Waals surface area contributed by atoms with Crippen molar-refractivity contribution in [1.82, 2.24) is 5.32 Å². The zero-order valence-corrected chi connectivity index (χ0v) is 13.5. The number of para-hydroxylation sites is 1. The number of carbonyl (C=O) groups is 1. The third-order valence-corrected chi connectivity index (χ3v) is 4.50. The van der Waals surface area contributed by atoms with E-state index in [4.69, 9.17) is 9.47 Å². The Bertz CT molecular complexity index is 686. The molecule has 1 aliphatic rings. The van der Waals surface area contributed by atoms with Crippen LogP contribution in [0, 0.1) is 0 Å². The van der Waals surface area contributed by atoms with E-state index in [1.807, 2.05) is 24.3 Å². The van der Waals surface area contributed by atoms with Crippen LogP contribution in [-0.4, -0.2) is 32.3 Å². The van der Waals surface area contributed by atoms with Crippen molar-refractivity contribution >= 4 is 5.91 Å². The van der Waals surface area contributed by atoms with Gasteiger partial charge < -0.3 is 14.8 Å². The molecule has 0 unspecified atom stereocenters. The maximum absolute atomic E-state index is 12.5. The van der Waals surface area contributed by atoms with Crippen LogP contribution < -0.4 is 10.1 Å². The van der Waals surface area contributed by atoms with Crippen molar-refractivity contribution in [3.05, 3.63) is 65.2 Å². The van der Waals surface area contributed by atoms with Gasteiger partial charge in [0.2, 0.25) is 0 Å². The summed E-state index contributed by atoms with van der Waals surface area (Å²) in [5, 5.41) is 3.00. The molecular formula is C19H21NO3. The minimum atomic E-state index is -0.374. The molecule has 0 fully saturated rings. The van der Waals surface area contributed by atoms with Crippen molar-refractivity contribution in [2.75, 3.05) is 20.8 Å². The molecule has 0 aliphatic heterocycles. The van der Waals surface area contributed by atoms with Crippen LogP contribution >= 0.6 is 0 Å². The van der Waals surface area contributed by atoms with Gasteiger partial charge >= 0.3 is 0 Å². The summed E-state index contributed by atoms with van der Waals surface area (Å²) >= 11 is 0. The van der Waals surface area contributed by atoms with E-state index in [0.717, 1.165) is 12.8 Å². The summed E-state index contributed by atoms with van der Waals surface area (Å²) in [6.45, 7) is 0.467. The SMILES string of the molecule is COc1ccccc1C(=O)NCC1(OC)Cc2ccccc2C1. The summed E-state index contributed by atoms with van der Waals surface area (Å²) in [6.07, 6.45) is 1.62. The summed E-state index contributed by atoms with van der Waals surface area (Å²) < 4.78 is 11.0. The van der Waals surface area contributed by atoms with Gasteiger partial charge in [-0.1, -0.05) is 36.4 Å². The average molecular weight is 311 g/mol. The zero-order chi connectivity index (χ0) is 16.3. The Morgan fingerprint density at radius 1 is 1.04 bits per heavy atom. The fourth-order valence-corrected chi connectivity index (χ4v) is 3.17. The molecule has 0 spiro atoms. The van der Waals surface area contributed by atoms with E-state index in [1.54, 1.807) is 26.4 Å². The molecular weight excluding hydrogens is 290 g/mol. The molecule has 2 aromatic rings. The van der Waals surface area contributed by atoms with Crippen molar-refractivity contribution in [1.29, 1.82) is 0 Å². The maximum Gasteiger partial charge on any atom is 0.255 e. The van der Waals surface area contributed by atoms with Gasteiger partial charge in [0.1, 0.15) is 5.75 Å². The summed E-state index contributed by atoms with van der Waals surface area (Å²) in [6, 6.07) is 15.5. The number of benzene rings is 2. The molecule has 0 saturated heterocycles. The Kier molecular flexibility index (Phi) is 4.35. The lowest BCUT2D eigenvalue weighted by Gasteiger charge is -2.28. The first-order valence-corrected chi connectivity index (χ1v) is 7.70. The monoisotopic (exact) mass is 311 g/mol. The lowest BCUT2D eigenvalue weighted by Crippen LogP contribution is -2.45. The molecule has 1 aliphatic carbocycles. The van der Waals surface area contributed by atoms with Gasteiger partial charge in [-0.2, -0.15) is 0 Å². The second-order valence-electron chi connectivity index (χ2n) is 5.89. The quantitative estimate of drug-likeness (QED) is 0.923. The van der Waals surface area contributed by atoms with Crippen LogP contribution in [0.15, 0.2) is 48.5 Å². The van der Waals surface area contributed by atoms with E-state index in [2.05, 4.69) is 17.4 Å². The Balaban J connectivity index is 1.71. The number of nitrogens with one attached hydrogen (secondary N) is 1. The molecule has 0 atom stereocenters. The predicted molar refractivity (Wildman–Crippen MR) is 88.9 cm³/mol. The first-order chi connectivity index (χ1) is 11.2. The highest BCUT2D eigenvalue weighted by Crippen LogP contribution is 2.32. The maximum atomic E-state index is 12.5. The number of carbonyl (C=O) groups excluding carboxylic acids is 1. The van der Waals surface area contributed by atoms with Crippen molar-refractivity contribution in [3.8, 4) is 5.75 Å². The van der Waals surface area contributed by atoms with Gasteiger partial charge in [-0.15, -0.1) is 0 Å². The van der Waals surface area contributed by atoms with Gasteiger partial charge in [-0.05, 0) is 23.3 Å². The van der Waals surface area contributed by atoms with E-state index in [0.29, 0.717) is 17.9 Å². The van der Waals surface area contributed by atoms with E-state index >= 15 is 0 Å². The van der Waals surface area contributed by atoms with Gasteiger partial charge in [-0.3, -0.25) is 4.79 Å². The molecule has 1 amide bonds. The van der Waals surface area contributed by atoms with Gasteiger partial charge in [0.25, 0.3) is 5.91 Å². The van der Waals surface area contributed by atoms with Crippen LogP contribution in [-0.2, 0) is 17.6 Å². The highest BCUT2D eigenvalue weighted by atomic mass is 16.5. The molecule has 120 valence electrons. The van der Waals surface area contributed by atoms with Gasteiger partial charge in [0.05, 0.1) is 18.3 Å². The number of hydrogen-bond acceptors (Lipinski definition) is 3. The first kappa shape index (κ1) is 15.6. The minimum Gasteiger partial charge on any atom is -0.496 e. The second kappa shape index (κ2) is 6.42. The zero-order valence-electron chi connectivity index (χ0n) is 13.5. The van der Waals surface area contributed by atoms with Crippen molar-refractivity contribution in [3.63, 3.8) is 0 Å². The number of ether oxygens (including phenoxy) is 2. The molecule has 3 rings (SSSR count). The Morgan fingerprint density at radius 3 is 2.26 bits per heavy atom. The van der Waals surface area contributed by atoms with E-state index in [-0.39, 0.29) is 11.5 Å². The summed E-state index contributed by atoms with van der Waals surface area (Å²) in [5.74, 6) is 0.431. The Labute approximate surface area is 136 Å². The van der Waals surface area contributed by atoms with Crippen LogP contribution in [0.25, 0.3) is 0 Å². The van der Waals surface area contributed by atoms with Gasteiger partial charge in [0.15, 0.2) is 0 Å². The first-order valence-electron chi connectivity index (χ1n) is 7.70. The van der Waals surface area contributed by atoms with E-state index < -0.39 is 0 Å². The smallest absolute Gasteiger partial charge is 0.255 e. The van der Waals surface area contributed by atoms with Crippen LogP contribution in [0.2, 0.25) is 0 Å². The molecule has 4 nitrogen and oxygen atoms in total. The van der Waals surface area contributed by atoms with Crippen LogP contribution in [0.1, 0.15) is 21.5 Å². The van der Waals surface area contributed by atoms with E-state index in [9.17, 15) is 4.79 Å². The average Bonchev–Trinajstić information content (AvgIpc) is 2.99. The predicted octanol–water partition coefficient (Wildman–Crippen LogP) is 2.61. The summed E-state index contributed by atoms with van der Waals surface area (Å²) in [7, 11) is 3.28. The molecule has 4 heteroatoms. The number of methoxy groups -OCH3 is 2. The van der Waals surface area contributed by atoms with Crippen LogP contribution in [0.4, 0.5) is 0 Å². The Morgan fingerprint density at radius 2 is 1.65 bits per heavy atom. The molecule has 0 radical (unpaired) electrons. The minimum absolute atomic E-state index is 0.144. The number of amides is 1. The van der Waals surface area contributed by atoms with Crippen LogP contribution in [0.5, 0.6) is 5.75 Å². The third kappa shape index (κ3) is 3.08. The molecule has 0 aromatic heterocycles. The third-order valence-electron chi connectivity index (χ3n) is 4.50. The molecule has 1 N–H and O–H groups in total. The summed E-state index contributed by atoms with van der Waals surface area (Å²) in [5.41, 5.74) is 2.75. The van der Waals surface area contributed by atoms with Crippen molar-refractivity contribution < 1.29 is 14.3 Å². The highest BCUT2D eigenvalue weighted by Gasteiger charge is 2.37. The number of hydrogen-bond donors (Lipinski definition) is 1. The number of fused-ring (bicyclic) bond motifs is 1. The standard InChI is InChI=1S/C19H21NO3/c1-22-17-10-6-5-9-16(17)18(21)20-13-19(23-2)11-14-7-3-4-8-15(14)12-19/h3-10H,11-13H2,1-2H3,(H,20,21). The largest absolute Gasteiger partial charge is 0.496 e. The lowest BCUT2D eigenvalue weighted by molar-refractivity contribution is 0.000155. The normalized spacial score (nSPS) is 15.0. The molecule has 0 saturated carbocycles. The molecule has 23 heavy (non-hydrogen) atoms. The fourth-order valence-electron chi connectivity index (χ4n) is 3.17. The summed E-state index contributed by atoms with van der Waals surface area (Å²) in [4.78, 5) is 12.5. The van der Waals surface area contributed by atoms with Gasteiger partial charge in [-0.25, -0.2) is 0 Å². The van der Waals surface area contributed by atoms with Gasteiger partial charge in [0, 0.05) is 26.5 Å². The highest BCUT2D eigenvalue weighted by molar-refractivity contribution is 5.96. The fraction of sp³-hybridized carbons (Fsp3) is 0.316. The lowest BCUT2D eigenvalue weighted by atomic mass is 10.00. The molecule has 2 aromatic carbocycles. The van der Waals surface area contributed by atoms with Crippen LogP contribution in [0.3, 0.4) is 0 Å².